The molecule has 6 N–H and O–H groups in total. The number of hydrogen-bond acceptors (Lipinski definition) is 3. The highest BCUT2D eigenvalue weighted by Gasteiger charge is 1.93. The molecule has 0 saturated carbocycles. The predicted molar refractivity (Wildman–Crippen MR) is 50.4 cm³/mol. The number of unbranched alkanes of at least 4 members (excludes halogenated alkanes) is 1. The maximum Gasteiger partial charge on any atom is 0.317 e. The molecule has 0 rings (SSSR count). The molecule has 0 bridgehead atoms. The summed E-state index contributed by atoms with van der Waals surface area (Å²) < 4.78 is 0. The second-order valence-electron chi connectivity index (χ2n) is 2.58. The Morgan fingerprint density at radius 2 is 2.08 bits per heavy atom. The van der Waals surface area contributed by atoms with Crippen molar-refractivity contribution in [3.05, 3.63) is 0 Å². The van der Waals surface area contributed by atoms with Crippen molar-refractivity contribution in [2.24, 2.45) is 16.5 Å². The molecule has 76 valence electrons. The van der Waals surface area contributed by atoms with Gasteiger partial charge in [-0.15, -0.1) is 0 Å². The Morgan fingerprint density at radius 3 is 2.62 bits per heavy atom. The van der Waals surface area contributed by atoms with Crippen molar-refractivity contribution in [2.75, 3.05) is 19.6 Å². The quantitative estimate of drug-likeness (QED) is 0.225. The van der Waals surface area contributed by atoms with Gasteiger partial charge in [0.25, 0.3) is 0 Å². The minimum absolute atomic E-state index is 0.00228. The summed E-state index contributed by atoms with van der Waals surface area (Å²) in [5, 5.41) is 11.0. The number of hydrogen-bond donors (Lipinski definition) is 4. The van der Waals surface area contributed by atoms with E-state index in [1.807, 2.05) is 0 Å². The van der Waals surface area contributed by atoms with E-state index in [1.54, 1.807) is 0 Å². The molecule has 0 atom stereocenters. The number of carboxylic acids is 1. The minimum Gasteiger partial charge on any atom is -0.480 e. The summed E-state index contributed by atoms with van der Waals surface area (Å²) in [5.41, 5.74) is 10.2. The Hall–Kier alpha value is -1.30. The number of aliphatic imine (C=N–C) groups is 1. The number of aliphatic carboxylic acids is 1. The maximum absolute atomic E-state index is 10.1. The molecule has 0 aromatic carbocycles. The van der Waals surface area contributed by atoms with Gasteiger partial charge in [-0.3, -0.25) is 9.79 Å². The van der Waals surface area contributed by atoms with Crippen molar-refractivity contribution in [2.45, 2.75) is 12.8 Å². The first kappa shape index (κ1) is 11.7. The second-order valence-corrected chi connectivity index (χ2v) is 2.58. The van der Waals surface area contributed by atoms with Crippen LogP contribution < -0.4 is 16.8 Å². The van der Waals surface area contributed by atoms with Crippen LogP contribution in [0, 0.1) is 0 Å². The van der Waals surface area contributed by atoms with Crippen molar-refractivity contribution in [1.29, 1.82) is 0 Å². The van der Waals surface area contributed by atoms with Crippen LogP contribution in [0.2, 0.25) is 0 Å². The lowest BCUT2D eigenvalue weighted by molar-refractivity contribution is -0.135. The number of carboxylic acid groups (broad SMARTS) is 1. The van der Waals surface area contributed by atoms with E-state index in [4.69, 9.17) is 16.6 Å². The van der Waals surface area contributed by atoms with Gasteiger partial charge in [-0.05, 0) is 19.4 Å². The van der Waals surface area contributed by atoms with Gasteiger partial charge in [0.2, 0.25) is 0 Å². The molecule has 6 nitrogen and oxygen atoms in total. The Kier molecular flexibility index (Phi) is 6.62. The summed E-state index contributed by atoms with van der Waals surface area (Å²) >= 11 is 0. The standard InChI is InChI=1S/C7H16N4O2/c8-7(9)11-4-2-1-3-10-5-6(12)13/h10H,1-5H2,(H,12,13)(H4,8,9,11). The monoisotopic (exact) mass is 188 g/mol. The molecule has 0 aliphatic heterocycles. The topological polar surface area (TPSA) is 114 Å². The van der Waals surface area contributed by atoms with Gasteiger partial charge in [0.1, 0.15) is 0 Å². The second kappa shape index (κ2) is 7.35. The van der Waals surface area contributed by atoms with Crippen LogP contribution in [0.15, 0.2) is 4.99 Å². The van der Waals surface area contributed by atoms with Crippen molar-refractivity contribution >= 4 is 11.9 Å². The lowest BCUT2D eigenvalue weighted by Crippen LogP contribution is -2.24. The summed E-state index contributed by atoms with van der Waals surface area (Å²) in [7, 11) is 0. The van der Waals surface area contributed by atoms with Crippen LogP contribution in [0.4, 0.5) is 0 Å². The Labute approximate surface area is 77.0 Å². The number of carbonyl (C=O) groups is 1. The highest BCUT2D eigenvalue weighted by Crippen LogP contribution is 1.86. The molecule has 13 heavy (non-hydrogen) atoms. The fraction of sp³-hybridized carbons (Fsp3) is 0.714. The molecule has 0 aromatic heterocycles. The fourth-order valence-corrected chi connectivity index (χ4v) is 0.765. The normalized spacial score (nSPS) is 9.54. The highest BCUT2D eigenvalue weighted by molar-refractivity contribution is 5.75. The van der Waals surface area contributed by atoms with Crippen LogP contribution in [-0.2, 0) is 4.79 Å². The molecule has 0 saturated heterocycles. The van der Waals surface area contributed by atoms with E-state index in [-0.39, 0.29) is 12.5 Å². The van der Waals surface area contributed by atoms with Crippen LogP contribution in [-0.4, -0.2) is 36.7 Å². The molecule has 0 radical (unpaired) electrons. The Bertz CT molecular complexity index is 177. The molecule has 6 heteroatoms. The Morgan fingerprint density at radius 1 is 1.38 bits per heavy atom. The molecule has 0 spiro atoms. The third-order valence-corrected chi connectivity index (χ3v) is 1.33. The number of guanidine groups is 1. The van der Waals surface area contributed by atoms with E-state index < -0.39 is 5.97 Å². The lowest BCUT2D eigenvalue weighted by atomic mass is 10.3. The van der Waals surface area contributed by atoms with Crippen LogP contribution in [0.3, 0.4) is 0 Å². The number of nitrogens with two attached hydrogens (primary N) is 2. The van der Waals surface area contributed by atoms with Crippen molar-refractivity contribution < 1.29 is 9.90 Å². The first-order chi connectivity index (χ1) is 6.13. The molecular formula is C7H16N4O2. The van der Waals surface area contributed by atoms with Crippen LogP contribution in [0.5, 0.6) is 0 Å². The first-order valence-corrected chi connectivity index (χ1v) is 4.11. The molecule has 0 amide bonds. The summed E-state index contributed by atoms with van der Waals surface area (Å²) in [4.78, 5) is 13.8. The maximum atomic E-state index is 10.1. The van der Waals surface area contributed by atoms with E-state index >= 15 is 0 Å². The minimum atomic E-state index is -0.843. The van der Waals surface area contributed by atoms with E-state index in [2.05, 4.69) is 10.3 Å². The van der Waals surface area contributed by atoms with Gasteiger partial charge >= 0.3 is 5.97 Å². The zero-order valence-corrected chi connectivity index (χ0v) is 7.49. The number of nitrogens with one attached hydrogen (secondary N) is 1. The molecule has 0 aromatic rings. The highest BCUT2D eigenvalue weighted by atomic mass is 16.4. The number of rotatable bonds is 7. The van der Waals surface area contributed by atoms with Crippen LogP contribution in [0.25, 0.3) is 0 Å². The smallest absolute Gasteiger partial charge is 0.317 e. The lowest BCUT2D eigenvalue weighted by Gasteiger charge is -1.99. The van der Waals surface area contributed by atoms with Crippen LogP contribution >= 0.6 is 0 Å². The molecule has 0 fully saturated rings. The van der Waals surface area contributed by atoms with Gasteiger partial charge in [-0.2, -0.15) is 0 Å². The molecule has 0 aliphatic rings. The molecule has 0 aliphatic carbocycles. The van der Waals surface area contributed by atoms with Gasteiger partial charge < -0.3 is 21.9 Å². The van der Waals surface area contributed by atoms with Crippen molar-refractivity contribution in [3.63, 3.8) is 0 Å². The molecule has 0 heterocycles. The molecule has 0 unspecified atom stereocenters. The Balaban J connectivity index is 3.09. The molecular weight excluding hydrogens is 172 g/mol. The van der Waals surface area contributed by atoms with Gasteiger partial charge in [-0.25, -0.2) is 0 Å². The first-order valence-electron chi connectivity index (χ1n) is 4.11. The van der Waals surface area contributed by atoms with E-state index in [0.29, 0.717) is 13.1 Å². The predicted octanol–water partition coefficient (Wildman–Crippen LogP) is -1.29. The SMILES string of the molecule is NC(N)=NCCCCNCC(=O)O. The van der Waals surface area contributed by atoms with Gasteiger partial charge in [0.05, 0.1) is 6.54 Å². The van der Waals surface area contributed by atoms with Gasteiger partial charge in [-0.1, -0.05) is 0 Å². The number of nitrogens with zero attached hydrogens (tertiary/aromatic N) is 1. The van der Waals surface area contributed by atoms with E-state index in [1.165, 1.54) is 0 Å². The zero-order valence-electron chi connectivity index (χ0n) is 7.49. The average Bonchev–Trinajstić information content (AvgIpc) is 2.01. The zero-order chi connectivity index (χ0) is 10.1. The van der Waals surface area contributed by atoms with Gasteiger partial charge in [0, 0.05) is 6.54 Å². The average molecular weight is 188 g/mol. The van der Waals surface area contributed by atoms with Crippen molar-refractivity contribution in [1.82, 2.24) is 5.32 Å². The summed E-state index contributed by atoms with van der Waals surface area (Å²) in [6.07, 6.45) is 1.72. The van der Waals surface area contributed by atoms with Crippen LogP contribution in [0.1, 0.15) is 12.8 Å². The largest absolute Gasteiger partial charge is 0.480 e. The third-order valence-electron chi connectivity index (χ3n) is 1.33. The van der Waals surface area contributed by atoms with E-state index in [0.717, 1.165) is 12.8 Å². The summed E-state index contributed by atoms with van der Waals surface area (Å²) in [6, 6.07) is 0. The third kappa shape index (κ3) is 10.7. The van der Waals surface area contributed by atoms with Crippen molar-refractivity contribution in [3.8, 4) is 0 Å². The summed E-state index contributed by atoms with van der Waals surface area (Å²) in [6.45, 7) is 1.27. The summed E-state index contributed by atoms with van der Waals surface area (Å²) in [5.74, 6) is -0.747. The fourth-order valence-electron chi connectivity index (χ4n) is 0.765. The van der Waals surface area contributed by atoms with E-state index in [9.17, 15) is 4.79 Å². The van der Waals surface area contributed by atoms with Gasteiger partial charge in [0.15, 0.2) is 5.96 Å².